The van der Waals surface area contributed by atoms with Gasteiger partial charge in [-0.2, -0.15) is 0 Å². The van der Waals surface area contributed by atoms with Gasteiger partial charge < -0.3 is 34.3 Å². The van der Waals surface area contributed by atoms with E-state index in [2.05, 4.69) is 9.47 Å². The largest absolute Gasteiger partial charge is 0.509 e. The summed E-state index contributed by atoms with van der Waals surface area (Å²) in [6.07, 6.45) is -10.8. The van der Waals surface area contributed by atoms with Crippen LogP contribution in [0.15, 0.2) is 30.3 Å². The smallest absolute Gasteiger partial charge is 0.452 e. The Morgan fingerprint density at radius 1 is 0.923 bits per heavy atom. The van der Waals surface area contributed by atoms with Gasteiger partial charge in [0.25, 0.3) is 0 Å². The van der Waals surface area contributed by atoms with E-state index in [0.29, 0.717) is 5.56 Å². The topological polar surface area (TPSA) is 149 Å². The van der Waals surface area contributed by atoms with Gasteiger partial charge in [0, 0.05) is 0 Å². The summed E-state index contributed by atoms with van der Waals surface area (Å²) in [6, 6.07) is 8.58. The van der Waals surface area contributed by atoms with Crippen molar-refractivity contribution in [3.8, 4) is 0 Å². The molecule has 4 unspecified atom stereocenters. The van der Waals surface area contributed by atoms with Gasteiger partial charge in [-0.1, -0.05) is 30.3 Å². The Balaban J connectivity index is 1.61. The summed E-state index contributed by atoms with van der Waals surface area (Å²) in [6.45, 7) is -0.171. The highest BCUT2D eigenvalue weighted by atomic mass is 16.8. The number of carbonyl (C=O) groups is 3. The monoisotopic (exact) mass is 368 g/mol. The first kappa shape index (κ1) is 18.1. The molecule has 1 aliphatic heterocycles. The van der Waals surface area contributed by atoms with Crippen molar-refractivity contribution in [3.63, 3.8) is 0 Å². The highest BCUT2D eigenvalue weighted by Crippen LogP contribution is 2.32. The molecule has 1 aromatic rings. The van der Waals surface area contributed by atoms with E-state index in [4.69, 9.17) is 9.47 Å². The van der Waals surface area contributed by atoms with Crippen LogP contribution in [-0.4, -0.2) is 70.0 Å². The lowest BCUT2D eigenvalue weighted by molar-refractivity contribution is -0.263. The fraction of sp³-hybridized carbons (Fsp3) is 0.438. The Morgan fingerprint density at radius 3 is 2.08 bits per heavy atom. The molecule has 1 heterocycles. The van der Waals surface area contributed by atoms with Crippen molar-refractivity contribution in [3.05, 3.63) is 35.9 Å². The SMILES string of the molecule is O=C1OC2C(O)C(O1)C(O)C(OC(=O)C(=O)OCc1ccccc1)C2O. The Hall–Kier alpha value is -2.69. The quantitative estimate of drug-likeness (QED) is 0.332. The van der Waals surface area contributed by atoms with Crippen molar-refractivity contribution < 1.29 is 48.7 Å². The number of benzene rings is 1. The van der Waals surface area contributed by atoms with E-state index >= 15 is 0 Å². The van der Waals surface area contributed by atoms with Crippen LogP contribution in [0.25, 0.3) is 0 Å². The average molecular weight is 368 g/mol. The van der Waals surface area contributed by atoms with Crippen LogP contribution in [0.5, 0.6) is 0 Å². The fourth-order valence-electron chi connectivity index (χ4n) is 2.79. The van der Waals surface area contributed by atoms with Crippen LogP contribution >= 0.6 is 0 Å². The minimum absolute atomic E-state index is 0.171. The Labute approximate surface area is 146 Å². The van der Waals surface area contributed by atoms with Crippen molar-refractivity contribution in [2.75, 3.05) is 0 Å². The van der Waals surface area contributed by atoms with Gasteiger partial charge in [0.2, 0.25) is 0 Å². The zero-order valence-corrected chi connectivity index (χ0v) is 13.3. The molecule has 1 aromatic carbocycles. The summed E-state index contributed by atoms with van der Waals surface area (Å²) >= 11 is 0. The number of ether oxygens (including phenoxy) is 4. The molecule has 2 fully saturated rings. The predicted octanol–water partition coefficient (Wildman–Crippen LogP) is -1.36. The molecule has 140 valence electrons. The van der Waals surface area contributed by atoms with Crippen LogP contribution in [0.2, 0.25) is 0 Å². The normalized spacial score (nSPS) is 32.8. The molecule has 0 aromatic heterocycles. The van der Waals surface area contributed by atoms with E-state index < -0.39 is 54.7 Å². The summed E-state index contributed by atoms with van der Waals surface area (Å²) in [5, 5.41) is 30.1. The number of aliphatic hydroxyl groups excluding tert-OH is 3. The number of rotatable bonds is 3. The number of fused-ring (bicyclic) bond motifs is 2. The van der Waals surface area contributed by atoms with Crippen LogP contribution < -0.4 is 0 Å². The first-order chi connectivity index (χ1) is 12.4. The van der Waals surface area contributed by atoms with Gasteiger partial charge >= 0.3 is 18.1 Å². The molecule has 10 nitrogen and oxygen atoms in total. The molecular formula is C16H16O10. The Bertz CT molecular complexity index is 668. The molecule has 1 saturated heterocycles. The van der Waals surface area contributed by atoms with Crippen LogP contribution in [-0.2, 0) is 35.1 Å². The van der Waals surface area contributed by atoms with E-state index in [1.54, 1.807) is 30.3 Å². The number of hydrogen-bond donors (Lipinski definition) is 3. The van der Waals surface area contributed by atoms with E-state index in [-0.39, 0.29) is 6.61 Å². The maximum Gasteiger partial charge on any atom is 0.509 e. The molecule has 0 amide bonds. The maximum atomic E-state index is 11.9. The van der Waals surface area contributed by atoms with Crippen molar-refractivity contribution in [1.82, 2.24) is 0 Å². The van der Waals surface area contributed by atoms with Crippen LogP contribution in [0.3, 0.4) is 0 Å². The summed E-state index contributed by atoms with van der Waals surface area (Å²) in [4.78, 5) is 34.8. The molecule has 0 radical (unpaired) electrons. The fourth-order valence-corrected chi connectivity index (χ4v) is 2.79. The highest BCUT2D eigenvalue weighted by molar-refractivity contribution is 6.29. The van der Waals surface area contributed by atoms with Crippen molar-refractivity contribution >= 4 is 18.1 Å². The van der Waals surface area contributed by atoms with Crippen LogP contribution in [0, 0.1) is 0 Å². The van der Waals surface area contributed by atoms with Crippen molar-refractivity contribution in [1.29, 1.82) is 0 Å². The van der Waals surface area contributed by atoms with Crippen molar-refractivity contribution in [2.45, 2.75) is 43.2 Å². The lowest BCUT2D eigenvalue weighted by Crippen LogP contribution is -2.69. The van der Waals surface area contributed by atoms with E-state index in [1.165, 1.54) is 0 Å². The third-order valence-corrected chi connectivity index (χ3v) is 4.11. The van der Waals surface area contributed by atoms with Crippen molar-refractivity contribution in [2.24, 2.45) is 0 Å². The molecule has 26 heavy (non-hydrogen) atoms. The predicted molar refractivity (Wildman–Crippen MR) is 79.3 cm³/mol. The minimum atomic E-state index is -1.75. The molecule has 3 N–H and O–H groups in total. The number of esters is 2. The van der Waals surface area contributed by atoms with Crippen LogP contribution in [0.4, 0.5) is 4.79 Å². The molecule has 2 bridgehead atoms. The number of aliphatic hydroxyl groups is 3. The summed E-state index contributed by atoms with van der Waals surface area (Å²) in [7, 11) is 0. The maximum absolute atomic E-state index is 11.9. The first-order valence-corrected chi connectivity index (χ1v) is 7.71. The summed E-state index contributed by atoms with van der Waals surface area (Å²) < 4.78 is 18.8. The molecule has 4 atom stereocenters. The standard InChI is InChI=1S/C16H16O10/c17-8-11(9(18)13-10(19)12(8)25-16(22)26-13)24-15(21)14(20)23-6-7-4-2-1-3-5-7/h1-5,8-13,17-19H,6H2. The third-order valence-electron chi connectivity index (χ3n) is 4.11. The molecule has 1 aliphatic carbocycles. The second kappa shape index (κ2) is 7.28. The molecular weight excluding hydrogens is 352 g/mol. The summed E-state index contributed by atoms with van der Waals surface area (Å²) in [5.74, 6) is -2.78. The minimum Gasteiger partial charge on any atom is -0.452 e. The molecule has 2 aliphatic rings. The number of hydrogen-bond acceptors (Lipinski definition) is 10. The average Bonchev–Trinajstić information content (AvgIpc) is 2.64. The number of carbonyl (C=O) groups excluding carboxylic acids is 3. The van der Waals surface area contributed by atoms with E-state index in [1.807, 2.05) is 0 Å². The molecule has 10 heteroatoms. The lowest BCUT2D eigenvalue weighted by Gasteiger charge is -2.46. The van der Waals surface area contributed by atoms with Gasteiger partial charge in [0.15, 0.2) is 18.3 Å². The molecule has 3 rings (SSSR count). The first-order valence-electron chi connectivity index (χ1n) is 7.71. The molecule has 0 spiro atoms. The van der Waals surface area contributed by atoms with E-state index in [9.17, 15) is 29.7 Å². The Morgan fingerprint density at radius 2 is 1.50 bits per heavy atom. The van der Waals surface area contributed by atoms with Gasteiger partial charge in [-0.05, 0) is 5.56 Å². The summed E-state index contributed by atoms with van der Waals surface area (Å²) in [5.41, 5.74) is 0.643. The van der Waals surface area contributed by atoms with E-state index in [0.717, 1.165) is 0 Å². The van der Waals surface area contributed by atoms with Gasteiger partial charge in [-0.3, -0.25) is 0 Å². The van der Waals surface area contributed by atoms with Gasteiger partial charge in [0.05, 0.1) is 0 Å². The second-order valence-corrected chi connectivity index (χ2v) is 5.82. The third kappa shape index (κ3) is 3.47. The highest BCUT2D eigenvalue weighted by Gasteiger charge is 2.58. The van der Waals surface area contributed by atoms with Crippen LogP contribution in [0.1, 0.15) is 5.56 Å². The molecule has 1 saturated carbocycles. The van der Waals surface area contributed by atoms with Gasteiger partial charge in [0.1, 0.15) is 24.9 Å². The second-order valence-electron chi connectivity index (χ2n) is 5.82. The van der Waals surface area contributed by atoms with Gasteiger partial charge in [-0.15, -0.1) is 0 Å². The lowest BCUT2D eigenvalue weighted by atomic mass is 9.84. The Kier molecular flexibility index (Phi) is 5.07. The van der Waals surface area contributed by atoms with Gasteiger partial charge in [-0.25, -0.2) is 14.4 Å². The zero-order chi connectivity index (χ0) is 18.8. The zero-order valence-electron chi connectivity index (χ0n) is 13.3.